The van der Waals surface area contributed by atoms with Gasteiger partial charge in [-0.25, -0.2) is 0 Å². The number of nitrogens with one attached hydrogen (secondary N) is 1. The third-order valence-corrected chi connectivity index (χ3v) is 3.00. The summed E-state index contributed by atoms with van der Waals surface area (Å²) < 4.78 is 10.6. The van der Waals surface area contributed by atoms with E-state index in [9.17, 15) is 5.26 Å². The van der Waals surface area contributed by atoms with E-state index in [4.69, 9.17) is 9.47 Å². The summed E-state index contributed by atoms with van der Waals surface area (Å²) in [6, 6.07) is 2.42. The largest absolute Gasteiger partial charge is 0.379 e. The molecule has 0 aliphatic heterocycles. The van der Waals surface area contributed by atoms with Crippen LogP contribution in [0.4, 0.5) is 0 Å². The quantitative estimate of drug-likeness (QED) is 0.545. The van der Waals surface area contributed by atoms with Gasteiger partial charge < -0.3 is 9.47 Å². The number of nitriles is 1. The van der Waals surface area contributed by atoms with Crippen molar-refractivity contribution in [3.05, 3.63) is 0 Å². The van der Waals surface area contributed by atoms with E-state index in [1.807, 2.05) is 6.92 Å². The average Bonchev–Trinajstić information content (AvgIpc) is 2.42. The molecular formula is C14H28N2O2. The molecule has 0 rings (SSSR count). The van der Waals surface area contributed by atoms with Gasteiger partial charge in [0.05, 0.1) is 19.3 Å². The molecule has 1 N–H and O–H groups in total. The molecule has 0 aromatic carbocycles. The second-order valence-corrected chi connectivity index (χ2v) is 4.39. The summed E-state index contributed by atoms with van der Waals surface area (Å²) in [5.74, 6) is 0. The second-order valence-electron chi connectivity index (χ2n) is 4.39. The summed E-state index contributed by atoms with van der Waals surface area (Å²) in [6.45, 7) is 9.77. The molecule has 0 radical (unpaired) electrons. The molecule has 0 spiro atoms. The Labute approximate surface area is 112 Å². The van der Waals surface area contributed by atoms with E-state index in [0.717, 1.165) is 38.8 Å². The van der Waals surface area contributed by atoms with Gasteiger partial charge in [0.1, 0.15) is 5.54 Å². The van der Waals surface area contributed by atoms with Crippen molar-refractivity contribution in [2.75, 3.05) is 33.0 Å². The highest BCUT2D eigenvalue weighted by Gasteiger charge is 2.25. The van der Waals surface area contributed by atoms with Crippen molar-refractivity contribution < 1.29 is 9.47 Å². The van der Waals surface area contributed by atoms with Gasteiger partial charge in [-0.2, -0.15) is 5.26 Å². The molecule has 0 bridgehead atoms. The lowest BCUT2D eigenvalue weighted by Gasteiger charge is -2.26. The van der Waals surface area contributed by atoms with Gasteiger partial charge in [-0.3, -0.25) is 5.32 Å². The topological polar surface area (TPSA) is 54.3 Å². The van der Waals surface area contributed by atoms with Crippen LogP contribution in [0.15, 0.2) is 0 Å². The van der Waals surface area contributed by atoms with Crippen LogP contribution >= 0.6 is 0 Å². The van der Waals surface area contributed by atoms with Crippen LogP contribution in [0.25, 0.3) is 0 Å². The Balaban J connectivity index is 3.74. The molecular weight excluding hydrogens is 228 g/mol. The molecule has 0 aliphatic carbocycles. The zero-order chi connectivity index (χ0) is 13.7. The monoisotopic (exact) mass is 256 g/mol. The molecule has 0 aromatic heterocycles. The standard InChI is InChI=1S/C14H28N2O2/c1-4-9-16-14(5-2,13-15)8-7-10-18-12-11-17-6-3/h16H,4-12H2,1-3H3. The minimum absolute atomic E-state index is 0.376. The van der Waals surface area contributed by atoms with Gasteiger partial charge in [-0.1, -0.05) is 13.8 Å². The van der Waals surface area contributed by atoms with Crippen molar-refractivity contribution in [3.63, 3.8) is 0 Å². The summed E-state index contributed by atoms with van der Waals surface area (Å²) in [5.41, 5.74) is -0.376. The van der Waals surface area contributed by atoms with Crippen LogP contribution in [-0.4, -0.2) is 38.5 Å². The van der Waals surface area contributed by atoms with Crippen molar-refractivity contribution >= 4 is 0 Å². The molecule has 1 atom stereocenters. The maximum absolute atomic E-state index is 9.30. The van der Waals surface area contributed by atoms with Crippen LogP contribution in [0.2, 0.25) is 0 Å². The van der Waals surface area contributed by atoms with Crippen molar-refractivity contribution in [2.45, 2.75) is 52.0 Å². The molecule has 0 aromatic rings. The Hall–Kier alpha value is -0.630. The number of ether oxygens (including phenoxy) is 2. The van der Waals surface area contributed by atoms with Gasteiger partial charge >= 0.3 is 0 Å². The number of rotatable bonds is 12. The minimum Gasteiger partial charge on any atom is -0.379 e. The lowest BCUT2D eigenvalue weighted by Crippen LogP contribution is -2.44. The van der Waals surface area contributed by atoms with E-state index < -0.39 is 0 Å². The van der Waals surface area contributed by atoms with Gasteiger partial charge in [-0.05, 0) is 39.2 Å². The normalized spacial score (nSPS) is 14.1. The van der Waals surface area contributed by atoms with Gasteiger partial charge in [0.25, 0.3) is 0 Å². The van der Waals surface area contributed by atoms with Crippen LogP contribution in [0.3, 0.4) is 0 Å². The molecule has 4 nitrogen and oxygen atoms in total. The van der Waals surface area contributed by atoms with Gasteiger partial charge in [-0.15, -0.1) is 0 Å². The fourth-order valence-electron chi connectivity index (χ4n) is 1.77. The predicted octanol–water partition coefficient (Wildman–Crippen LogP) is 2.49. The highest BCUT2D eigenvalue weighted by atomic mass is 16.5. The van der Waals surface area contributed by atoms with Crippen molar-refractivity contribution in [3.8, 4) is 6.07 Å². The average molecular weight is 256 g/mol. The molecule has 0 aliphatic rings. The van der Waals surface area contributed by atoms with Gasteiger partial charge in [0, 0.05) is 13.2 Å². The smallest absolute Gasteiger partial charge is 0.106 e. The maximum atomic E-state index is 9.30. The Morgan fingerprint density at radius 3 is 2.39 bits per heavy atom. The Morgan fingerprint density at radius 1 is 1.11 bits per heavy atom. The second kappa shape index (κ2) is 11.5. The van der Waals surface area contributed by atoms with E-state index in [1.54, 1.807) is 0 Å². The van der Waals surface area contributed by atoms with Crippen molar-refractivity contribution in [1.82, 2.24) is 5.32 Å². The predicted molar refractivity (Wildman–Crippen MR) is 73.5 cm³/mol. The molecule has 1 unspecified atom stereocenters. The van der Waals surface area contributed by atoms with Crippen LogP contribution in [0.5, 0.6) is 0 Å². The van der Waals surface area contributed by atoms with Crippen LogP contribution in [-0.2, 0) is 9.47 Å². The fraction of sp³-hybridized carbons (Fsp3) is 0.929. The zero-order valence-corrected chi connectivity index (χ0v) is 12.1. The molecule has 0 fully saturated rings. The maximum Gasteiger partial charge on any atom is 0.106 e. The van der Waals surface area contributed by atoms with E-state index >= 15 is 0 Å². The SMILES string of the molecule is CCCNC(C#N)(CC)CCCOCCOCC. The third kappa shape index (κ3) is 7.65. The van der Waals surface area contributed by atoms with Gasteiger partial charge in [0.15, 0.2) is 0 Å². The Morgan fingerprint density at radius 2 is 1.83 bits per heavy atom. The molecule has 0 saturated carbocycles. The molecule has 0 saturated heterocycles. The van der Waals surface area contributed by atoms with E-state index in [1.165, 1.54) is 0 Å². The van der Waals surface area contributed by atoms with Crippen LogP contribution in [0, 0.1) is 11.3 Å². The summed E-state index contributed by atoms with van der Waals surface area (Å²) in [7, 11) is 0. The Kier molecular flexibility index (Phi) is 11.1. The number of hydrogen-bond donors (Lipinski definition) is 1. The number of nitrogens with zero attached hydrogens (tertiary/aromatic N) is 1. The Bertz CT molecular complexity index is 228. The molecule has 0 heterocycles. The van der Waals surface area contributed by atoms with E-state index in [2.05, 4.69) is 25.2 Å². The lowest BCUT2D eigenvalue weighted by molar-refractivity contribution is 0.0498. The van der Waals surface area contributed by atoms with Crippen LogP contribution in [0.1, 0.15) is 46.5 Å². The first kappa shape index (κ1) is 17.4. The summed E-state index contributed by atoms with van der Waals surface area (Å²) >= 11 is 0. The number of hydrogen-bond acceptors (Lipinski definition) is 4. The highest BCUT2D eigenvalue weighted by Crippen LogP contribution is 2.16. The lowest BCUT2D eigenvalue weighted by atomic mass is 9.92. The van der Waals surface area contributed by atoms with Gasteiger partial charge in [0.2, 0.25) is 0 Å². The summed E-state index contributed by atoms with van der Waals surface area (Å²) in [4.78, 5) is 0. The van der Waals surface area contributed by atoms with E-state index in [0.29, 0.717) is 19.8 Å². The highest BCUT2D eigenvalue weighted by molar-refractivity contribution is 5.05. The zero-order valence-electron chi connectivity index (χ0n) is 12.1. The molecule has 106 valence electrons. The first-order valence-corrected chi connectivity index (χ1v) is 7.06. The molecule has 0 amide bonds. The molecule has 18 heavy (non-hydrogen) atoms. The van der Waals surface area contributed by atoms with Crippen LogP contribution < -0.4 is 5.32 Å². The molecule has 4 heteroatoms. The third-order valence-electron chi connectivity index (χ3n) is 3.00. The summed E-state index contributed by atoms with van der Waals surface area (Å²) in [5, 5.41) is 12.7. The first-order chi connectivity index (χ1) is 8.74. The van der Waals surface area contributed by atoms with E-state index in [-0.39, 0.29) is 5.54 Å². The first-order valence-electron chi connectivity index (χ1n) is 7.06. The summed E-state index contributed by atoms with van der Waals surface area (Å²) in [6.07, 6.45) is 3.63. The van der Waals surface area contributed by atoms with Crippen molar-refractivity contribution in [2.24, 2.45) is 0 Å². The van der Waals surface area contributed by atoms with Crippen molar-refractivity contribution in [1.29, 1.82) is 5.26 Å². The minimum atomic E-state index is -0.376. The fourth-order valence-corrected chi connectivity index (χ4v) is 1.77.